The summed E-state index contributed by atoms with van der Waals surface area (Å²) in [6.45, 7) is 6.56. The minimum absolute atomic E-state index is 0.0394. The number of carbonyl (C=O) groups is 1. The number of piperidine rings is 2. The van der Waals surface area contributed by atoms with Crippen molar-refractivity contribution in [1.82, 2.24) is 9.47 Å². The Kier molecular flexibility index (Phi) is 6.59. The van der Waals surface area contributed by atoms with E-state index in [4.69, 9.17) is 14.9 Å². The van der Waals surface area contributed by atoms with Crippen molar-refractivity contribution in [3.05, 3.63) is 53.6 Å². The number of fused-ring (bicyclic) bond motifs is 2. The average Bonchev–Trinajstić information content (AvgIpc) is 3.66. The van der Waals surface area contributed by atoms with Crippen LogP contribution in [-0.2, 0) is 11.3 Å². The minimum atomic E-state index is 0.0394. The van der Waals surface area contributed by atoms with Crippen molar-refractivity contribution < 1.29 is 13.9 Å². The van der Waals surface area contributed by atoms with Gasteiger partial charge in [-0.15, -0.1) is 0 Å². The van der Waals surface area contributed by atoms with Gasteiger partial charge in [0.25, 0.3) is 5.91 Å². The van der Waals surface area contributed by atoms with Crippen molar-refractivity contribution in [2.45, 2.75) is 64.1 Å². The number of hydrogen-bond donors (Lipinski definition) is 1. The summed E-state index contributed by atoms with van der Waals surface area (Å²) in [4.78, 5) is 17.6. The smallest absolute Gasteiger partial charge is 0.254 e. The summed E-state index contributed by atoms with van der Waals surface area (Å²) in [7, 11) is 1.82. The monoisotopic (exact) mass is 540 g/mol. The van der Waals surface area contributed by atoms with Gasteiger partial charge in [-0.2, -0.15) is 0 Å². The van der Waals surface area contributed by atoms with E-state index in [0.29, 0.717) is 18.2 Å². The summed E-state index contributed by atoms with van der Waals surface area (Å²) in [5, 5.41) is 2.30. The van der Waals surface area contributed by atoms with E-state index in [2.05, 4.69) is 40.7 Å². The number of nitrogens with two attached hydrogens (primary N) is 1. The van der Waals surface area contributed by atoms with Crippen molar-refractivity contribution in [1.29, 1.82) is 0 Å². The zero-order valence-corrected chi connectivity index (χ0v) is 23.7. The van der Waals surface area contributed by atoms with E-state index in [1.165, 1.54) is 29.4 Å². The van der Waals surface area contributed by atoms with Crippen LogP contribution in [0.5, 0.6) is 0 Å². The summed E-state index contributed by atoms with van der Waals surface area (Å²) in [5.74, 6) is 1.66. The molecule has 3 aliphatic rings. The highest BCUT2D eigenvalue weighted by Gasteiger charge is 2.28. The molecule has 0 bridgehead atoms. The van der Waals surface area contributed by atoms with Crippen LogP contribution in [0, 0.1) is 12.8 Å². The number of amides is 1. The second kappa shape index (κ2) is 10.3. The first-order chi connectivity index (χ1) is 19.5. The van der Waals surface area contributed by atoms with Gasteiger partial charge in [-0.25, -0.2) is 0 Å². The van der Waals surface area contributed by atoms with Crippen molar-refractivity contribution in [2.24, 2.45) is 11.7 Å². The van der Waals surface area contributed by atoms with Gasteiger partial charge in [0, 0.05) is 73.5 Å². The Morgan fingerprint density at radius 1 is 1.02 bits per heavy atom. The normalized spacial score (nSPS) is 20.6. The Balaban J connectivity index is 1.25. The number of anilines is 1. The molecule has 0 radical (unpaired) electrons. The number of nitrogens with zero attached hydrogens (tertiary/aromatic N) is 3. The molecule has 1 amide bonds. The molecule has 4 aromatic rings. The molecular formula is C33H40N4O3. The SMILES string of the molecule is COC1CCN(c2ccc3cc(-c4oc5cc(C(=O)N6CCC[C@@H](N)C6)ccc5c4C)n(CC4CC4)c3c2)CC1. The zero-order valence-electron chi connectivity index (χ0n) is 23.7. The van der Waals surface area contributed by atoms with E-state index in [0.717, 1.165) is 85.8 Å². The molecule has 1 aliphatic carbocycles. The summed E-state index contributed by atoms with van der Waals surface area (Å²) in [6, 6.07) is 15.1. The average molecular weight is 541 g/mol. The van der Waals surface area contributed by atoms with E-state index in [9.17, 15) is 4.79 Å². The molecular weight excluding hydrogens is 500 g/mol. The molecule has 7 heteroatoms. The van der Waals surface area contributed by atoms with Gasteiger partial charge >= 0.3 is 0 Å². The lowest BCUT2D eigenvalue weighted by Gasteiger charge is -2.33. The highest BCUT2D eigenvalue weighted by atomic mass is 16.5. The molecule has 2 aliphatic heterocycles. The first-order valence-corrected chi connectivity index (χ1v) is 15.0. The third-order valence-electron chi connectivity index (χ3n) is 9.33. The third-order valence-corrected chi connectivity index (χ3v) is 9.33. The first kappa shape index (κ1) is 25.7. The van der Waals surface area contributed by atoms with Gasteiger partial charge in [-0.3, -0.25) is 4.79 Å². The van der Waals surface area contributed by atoms with Crippen LogP contribution in [-0.4, -0.2) is 60.8 Å². The van der Waals surface area contributed by atoms with Crippen LogP contribution in [0.25, 0.3) is 33.3 Å². The molecule has 3 fully saturated rings. The van der Waals surface area contributed by atoms with Crippen molar-refractivity contribution in [3.63, 3.8) is 0 Å². The molecule has 2 N–H and O–H groups in total. The molecule has 1 saturated carbocycles. The fourth-order valence-corrected chi connectivity index (χ4v) is 6.71. The molecule has 4 heterocycles. The van der Waals surface area contributed by atoms with Crippen LogP contribution in [0.15, 0.2) is 46.9 Å². The maximum absolute atomic E-state index is 13.3. The molecule has 2 aromatic heterocycles. The third kappa shape index (κ3) is 4.69. The van der Waals surface area contributed by atoms with E-state index in [-0.39, 0.29) is 11.9 Å². The quantitative estimate of drug-likeness (QED) is 0.327. The van der Waals surface area contributed by atoms with Gasteiger partial charge in [0.2, 0.25) is 0 Å². The number of rotatable bonds is 6. The highest BCUT2D eigenvalue weighted by Crippen LogP contribution is 2.40. The Morgan fingerprint density at radius 3 is 2.60 bits per heavy atom. The molecule has 2 saturated heterocycles. The van der Waals surface area contributed by atoms with Crippen LogP contribution < -0.4 is 10.6 Å². The van der Waals surface area contributed by atoms with Crippen LogP contribution in [0.4, 0.5) is 5.69 Å². The van der Waals surface area contributed by atoms with Gasteiger partial charge < -0.3 is 29.3 Å². The Morgan fingerprint density at radius 2 is 1.85 bits per heavy atom. The predicted octanol–water partition coefficient (Wildman–Crippen LogP) is 5.95. The van der Waals surface area contributed by atoms with Gasteiger partial charge in [0.05, 0.1) is 17.3 Å². The lowest BCUT2D eigenvalue weighted by Crippen LogP contribution is -2.45. The largest absolute Gasteiger partial charge is 0.454 e. The van der Waals surface area contributed by atoms with E-state index < -0.39 is 0 Å². The molecule has 7 rings (SSSR count). The number of aryl methyl sites for hydroxylation is 1. The number of furan rings is 1. The number of carbonyl (C=O) groups excluding carboxylic acids is 1. The number of aromatic nitrogens is 1. The van der Waals surface area contributed by atoms with E-state index >= 15 is 0 Å². The van der Waals surface area contributed by atoms with Crippen LogP contribution in [0.3, 0.4) is 0 Å². The van der Waals surface area contributed by atoms with Gasteiger partial charge in [0.1, 0.15) is 5.58 Å². The number of methoxy groups -OCH3 is 1. The summed E-state index contributed by atoms with van der Waals surface area (Å²) in [6.07, 6.45) is 7.01. The summed E-state index contributed by atoms with van der Waals surface area (Å²) >= 11 is 0. The molecule has 210 valence electrons. The number of likely N-dealkylation sites (tertiary alicyclic amines) is 1. The summed E-state index contributed by atoms with van der Waals surface area (Å²) < 4.78 is 14.7. The van der Waals surface area contributed by atoms with Crippen molar-refractivity contribution >= 4 is 33.5 Å². The number of hydrogen-bond acceptors (Lipinski definition) is 5. The second-order valence-corrected chi connectivity index (χ2v) is 12.2. The maximum atomic E-state index is 13.3. The summed E-state index contributed by atoms with van der Waals surface area (Å²) in [5.41, 5.74) is 12.4. The van der Waals surface area contributed by atoms with Crippen LogP contribution in [0.2, 0.25) is 0 Å². The standard InChI is InChI=1S/C33H40N4O3/c1-21-28-10-8-24(33(38)36-13-3-4-25(34)20-36)17-31(28)40-32(21)30-16-23-7-9-26(35-14-11-27(39-2)12-15-35)18-29(23)37(30)19-22-5-6-22/h7-10,16-18,22,25,27H,3-6,11-15,19-20,34H2,1-2H3/t25-/m1/s1. The second-order valence-electron chi connectivity index (χ2n) is 12.2. The van der Waals surface area contributed by atoms with Crippen molar-refractivity contribution in [3.8, 4) is 11.5 Å². The highest BCUT2D eigenvalue weighted by molar-refractivity contribution is 5.99. The number of ether oxygens (including phenoxy) is 1. The Bertz CT molecular complexity index is 1560. The lowest BCUT2D eigenvalue weighted by atomic mass is 10.0. The van der Waals surface area contributed by atoms with Gasteiger partial charge in [-0.1, -0.05) is 12.1 Å². The number of benzene rings is 2. The fraction of sp³-hybridized carbons (Fsp3) is 0.485. The molecule has 0 spiro atoms. The lowest BCUT2D eigenvalue weighted by molar-refractivity contribution is 0.0709. The minimum Gasteiger partial charge on any atom is -0.454 e. The first-order valence-electron chi connectivity index (χ1n) is 15.0. The molecule has 40 heavy (non-hydrogen) atoms. The molecule has 2 aromatic carbocycles. The zero-order chi connectivity index (χ0) is 27.4. The van der Waals surface area contributed by atoms with Gasteiger partial charge in [0.15, 0.2) is 5.76 Å². The predicted molar refractivity (Wildman–Crippen MR) is 160 cm³/mol. The van der Waals surface area contributed by atoms with Crippen LogP contribution in [0.1, 0.15) is 54.4 Å². The van der Waals surface area contributed by atoms with Crippen molar-refractivity contribution in [2.75, 3.05) is 38.2 Å². The fourth-order valence-electron chi connectivity index (χ4n) is 6.71. The topological polar surface area (TPSA) is 76.9 Å². The molecule has 1 atom stereocenters. The molecule has 7 nitrogen and oxygen atoms in total. The van der Waals surface area contributed by atoms with E-state index in [1.807, 2.05) is 30.2 Å². The van der Waals surface area contributed by atoms with Crippen LogP contribution >= 0.6 is 0 Å². The maximum Gasteiger partial charge on any atom is 0.254 e. The Hall–Kier alpha value is -3.29. The van der Waals surface area contributed by atoms with Gasteiger partial charge in [-0.05, 0) is 81.7 Å². The van der Waals surface area contributed by atoms with E-state index in [1.54, 1.807) is 0 Å². The Labute approximate surface area is 235 Å². The molecule has 0 unspecified atom stereocenters.